The molecule has 1 N–H and O–H groups in total. The fraction of sp³-hybridized carbons (Fsp3) is 0.312. The normalized spacial score (nSPS) is 10.3. The second kappa shape index (κ2) is 9.07. The molecule has 0 bridgehead atoms. The summed E-state index contributed by atoms with van der Waals surface area (Å²) in [7, 11) is 1.62. The Bertz CT molecular complexity index is 635. The summed E-state index contributed by atoms with van der Waals surface area (Å²) in [6.07, 6.45) is 3.32. The van der Waals surface area contributed by atoms with Crippen molar-refractivity contribution >= 4 is 17.5 Å². The molecule has 1 aromatic heterocycles. The van der Waals surface area contributed by atoms with E-state index in [1.165, 1.54) is 12.4 Å². The number of hydrogen-bond donors (Lipinski definition) is 1. The third kappa shape index (κ3) is 5.84. The number of halogens is 1. The quantitative estimate of drug-likeness (QED) is 0.747. The highest BCUT2D eigenvalue weighted by Crippen LogP contribution is 2.13. The summed E-state index contributed by atoms with van der Waals surface area (Å²) in [4.78, 5) is 19.9. The summed E-state index contributed by atoms with van der Waals surface area (Å²) < 4.78 is 10.4. The maximum absolute atomic E-state index is 11.9. The van der Waals surface area contributed by atoms with Crippen LogP contribution in [0.25, 0.3) is 0 Å². The standard InChI is InChI=1S/C16H18ClN3O3/c1-22-8-9-23-13-4-2-12(3-5-13)10-15(21)20-11-14-16(17)19-7-6-18-14/h2-7H,8-11H2,1H3,(H,20,21). The third-order valence-electron chi connectivity index (χ3n) is 3.02. The maximum atomic E-state index is 11.9. The van der Waals surface area contributed by atoms with Crippen molar-refractivity contribution < 1.29 is 14.3 Å². The van der Waals surface area contributed by atoms with Crippen LogP contribution in [-0.4, -0.2) is 36.2 Å². The van der Waals surface area contributed by atoms with Crippen LogP contribution >= 0.6 is 11.6 Å². The first-order valence-corrected chi connectivity index (χ1v) is 7.49. The highest BCUT2D eigenvalue weighted by Gasteiger charge is 2.07. The van der Waals surface area contributed by atoms with Crippen molar-refractivity contribution in [1.29, 1.82) is 0 Å². The van der Waals surface area contributed by atoms with Crippen molar-refractivity contribution in [2.75, 3.05) is 20.3 Å². The lowest BCUT2D eigenvalue weighted by Crippen LogP contribution is -2.25. The van der Waals surface area contributed by atoms with Crippen LogP contribution in [0.2, 0.25) is 5.15 Å². The van der Waals surface area contributed by atoms with E-state index in [4.69, 9.17) is 21.1 Å². The molecule has 0 saturated carbocycles. The Balaban J connectivity index is 1.80. The van der Waals surface area contributed by atoms with E-state index in [0.717, 1.165) is 11.3 Å². The van der Waals surface area contributed by atoms with Crippen molar-refractivity contribution in [1.82, 2.24) is 15.3 Å². The Morgan fingerprint density at radius 1 is 1.17 bits per heavy atom. The summed E-state index contributed by atoms with van der Waals surface area (Å²) in [6, 6.07) is 7.38. The number of amides is 1. The maximum Gasteiger partial charge on any atom is 0.224 e. The number of ether oxygens (including phenoxy) is 2. The van der Waals surface area contributed by atoms with Crippen LogP contribution < -0.4 is 10.1 Å². The average Bonchev–Trinajstić information content (AvgIpc) is 2.56. The number of rotatable bonds is 8. The number of carbonyl (C=O) groups is 1. The molecule has 0 saturated heterocycles. The molecule has 7 heteroatoms. The highest BCUT2D eigenvalue weighted by atomic mass is 35.5. The zero-order valence-corrected chi connectivity index (χ0v) is 13.5. The zero-order chi connectivity index (χ0) is 16.5. The van der Waals surface area contributed by atoms with Gasteiger partial charge in [-0.1, -0.05) is 23.7 Å². The van der Waals surface area contributed by atoms with E-state index in [9.17, 15) is 4.79 Å². The van der Waals surface area contributed by atoms with Gasteiger partial charge in [-0.3, -0.25) is 9.78 Å². The molecule has 2 aromatic rings. The molecule has 1 heterocycles. The number of nitrogens with zero attached hydrogens (tertiary/aromatic N) is 2. The van der Waals surface area contributed by atoms with E-state index in [2.05, 4.69) is 15.3 Å². The molecule has 0 radical (unpaired) electrons. The molecular formula is C16H18ClN3O3. The third-order valence-corrected chi connectivity index (χ3v) is 3.34. The van der Waals surface area contributed by atoms with E-state index in [1.807, 2.05) is 24.3 Å². The van der Waals surface area contributed by atoms with Crippen LogP contribution in [-0.2, 0) is 22.5 Å². The molecule has 122 valence electrons. The number of benzene rings is 1. The van der Waals surface area contributed by atoms with E-state index < -0.39 is 0 Å². The van der Waals surface area contributed by atoms with Gasteiger partial charge in [0.1, 0.15) is 12.4 Å². The molecule has 6 nitrogen and oxygen atoms in total. The second-order valence-electron chi connectivity index (χ2n) is 4.73. The first kappa shape index (κ1) is 17.2. The lowest BCUT2D eigenvalue weighted by molar-refractivity contribution is -0.120. The molecule has 0 spiro atoms. The number of aromatic nitrogens is 2. The second-order valence-corrected chi connectivity index (χ2v) is 5.09. The summed E-state index contributed by atoms with van der Waals surface area (Å²) in [5.41, 5.74) is 1.44. The Labute approximate surface area is 139 Å². The molecule has 0 aliphatic heterocycles. The van der Waals surface area contributed by atoms with Gasteiger partial charge in [0.05, 0.1) is 25.3 Å². The Morgan fingerprint density at radius 3 is 2.61 bits per heavy atom. The molecule has 0 aliphatic carbocycles. The monoisotopic (exact) mass is 335 g/mol. The van der Waals surface area contributed by atoms with E-state index in [0.29, 0.717) is 24.1 Å². The number of methoxy groups -OCH3 is 1. The predicted molar refractivity (Wildman–Crippen MR) is 86.4 cm³/mol. The lowest BCUT2D eigenvalue weighted by atomic mass is 10.1. The van der Waals surface area contributed by atoms with Crippen molar-refractivity contribution in [2.24, 2.45) is 0 Å². The van der Waals surface area contributed by atoms with Crippen LogP contribution in [0.5, 0.6) is 5.75 Å². The first-order chi connectivity index (χ1) is 11.2. The fourth-order valence-corrected chi connectivity index (χ4v) is 2.02. The average molecular weight is 336 g/mol. The van der Waals surface area contributed by atoms with E-state index >= 15 is 0 Å². The molecular weight excluding hydrogens is 318 g/mol. The van der Waals surface area contributed by atoms with Crippen LogP contribution in [0.3, 0.4) is 0 Å². The minimum Gasteiger partial charge on any atom is -0.491 e. The number of nitrogens with one attached hydrogen (secondary N) is 1. The lowest BCUT2D eigenvalue weighted by Gasteiger charge is -2.08. The Hall–Kier alpha value is -2.18. The van der Waals surface area contributed by atoms with Crippen LogP contribution in [0.15, 0.2) is 36.7 Å². The van der Waals surface area contributed by atoms with Crippen LogP contribution in [0, 0.1) is 0 Å². The molecule has 0 unspecified atom stereocenters. The summed E-state index contributed by atoms with van der Waals surface area (Å²) >= 11 is 5.89. The van der Waals surface area contributed by atoms with Crippen molar-refractivity contribution in [2.45, 2.75) is 13.0 Å². The summed E-state index contributed by atoms with van der Waals surface area (Å²) in [6.45, 7) is 1.29. The molecule has 2 rings (SSSR count). The summed E-state index contributed by atoms with van der Waals surface area (Å²) in [5, 5.41) is 3.07. The minimum absolute atomic E-state index is 0.111. The molecule has 0 aliphatic rings. The van der Waals surface area contributed by atoms with Gasteiger partial charge >= 0.3 is 0 Å². The largest absolute Gasteiger partial charge is 0.491 e. The van der Waals surface area contributed by atoms with Gasteiger partial charge in [0, 0.05) is 19.5 Å². The number of carbonyl (C=O) groups excluding carboxylic acids is 1. The molecule has 23 heavy (non-hydrogen) atoms. The van der Waals surface area contributed by atoms with Gasteiger partial charge in [-0.05, 0) is 17.7 Å². The molecule has 1 amide bonds. The van der Waals surface area contributed by atoms with Gasteiger partial charge in [0.15, 0.2) is 5.15 Å². The Kier molecular flexibility index (Phi) is 6.77. The molecule has 1 aromatic carbocycles. The number of hydrogen-bond acceptors (Lipinski definition) is 5. The van der Waals surface area contributed by atoms with Crippen LogP contribution in [0.4, 0.5) is 0 Å². The smallest absolute Gasteiger partial charge is 0.224 e. The van der Waals surface area contributed by atoms with Gasteiger partial charge in [0.2, 0.25) is 5.91 Å². The molecule has 0 fully saturated rings. The van der Waals surface area contributed by atoms with Gasteiger partial charge in [0.25, 0.3) is 0 Å². The van der Waals surface area contributed by atoms with E-state index in [-0.39, 0.29) is 18.9 Å². The molecule has 0 atom stereocenters. The van der Waals surface area contributed by atoms with Gasteiger partial charge < -0.3 is 14.8 Å². The SMILES string of the molecule is COCCOc1ccc(CC(=O)NCc2nccnc2Cl)cc1. The zero-order valence-electron chi connectivity index (χ0n) is 12.8. The van der Waals surface area contributed by atoms with Gasteiger partial charge in [-0.2, -0.15) is 0 Å². The summed E-state index contributed by atoms with van der Waals surface area (Å²) in [5.74, 6) is 0.636. The van der Waals surface area contributed by atoms with Gasteiger partial charge in [-0.25, -0.2) is 4.98 Å². The highest BCUT2D eigenvalue weighted by molar-refractivity contribution is 6.29. The predicted octanol–water partition coefficient (Wildman–Crippen LogP) is 2.01. The van der Waals surface area contributed by atoms with Crippen molar-refractivity contribution in [3.8, 4) is 5.75 Å². The van der Waals surface area contributed by atoms with Crippen molar-refractivity contribution in [3.63, 3.8) is 0 Å². The van der Waals surface area contributed by atoms with Gasteiger partial charge in [-0.15, -0.1) is 0 Å². The van der Waals surface area contributed by atoms with Crippen LogP contribution in [0.1, 0.15) is 11.3 Å². The first-order valence-electron chi connectivity index (χ1n) is 7.12. The Morgan fingerprint density at radius 2 is 1.91 bits per heavy atom. The minimum atomic E-state index is -0.111. The van der Waals surface area contributed by atoms with E-state index in [1.54, 1.807) is 7.11 Å². The topological polar surface area (TPSA) is 73.3 Å². The van der Waals surface area contributed by atoms with Crippen molar-refractivity contribution in [3.05, 3.63) is 53.1 Å². The fourth-order valence-electron chi connectivity index (χ4n) is 1.85.